The lowest BCUT2D eigenvalue weighted by Gasteiger charge is -2.43. The average molecular weight is 1000 g/mol. The van der Waals surface area contributed by atoms with Crippen LogP contribution in [0.1, 0.15) is 123 Å². The molecule has 9 atom stereocenters. The number of aliphatic hydroxyl groups is 5. The molecule has 6 unspecified atom stereocenters. The number of esters is 2. The first-order chi connectivity index (χ1) is 32.5. The van der Waals surface area contributed by atoms with Gasteiger partial charge >= 0.3 is 27.6 Å². The van der Waals surface area contributed by atoms with Gasteiger partial charge in [-0.05, 0) is 83.5 Å². The molecule has 0 aliphatic heterocycles. The van der Waals surface area contributed by atoms with Gasteiger partial charge in [-0.1, -0.05) is 136 Å². The van der Waals surface area contributed by atoms with Gasteiger partial charge in [0.1, 0.15) is 43.2 Å². The lowest BCUT2D eigenvalue weighted by molar-refractivity contribution is -0.216. The fraction of sp³-hybridized carbons (Fsp3) is 0.592. The standard InChI is InChI=1S/C49H78O17P2/c1-3-5-7-9-11-12-13-14-15-16-17-18-19-20-24-28-32-36-42(51)62-38-41(39-63-68(60,61)66-49-46(55)44(53)45(54)48(47(49)56)65-67(57,58)59)64-43(52)37-33-29-25-22-21-23-27-31-35-40(50)34-30-26-10-8-6-4-2/h5-8,11-12,14-15,17-18,22-23,25-27,30-31,35,40-41,44-50,53-56H,3-4,9-10,13,16,19-21,24,28-29,32-34,36-39H2,1-2H3,(H,60,61)(H2,57,58,59)/b7-5-,8-6-,12-11-,15-14-,18-17-,25-22-,27-23-,30-26-,35-31+/t40?,41-,44?,45?,46?,47?,48-,49+/m1/s1. The zero-order valence-electron chi connectivity index (χ0n) is 39.6. The quantitative estimate of drug-likeness (QED) is 0.00965. The Bertz CT molecular complexity index is 1750. The molecule has 19 heteroatoms. The largest absolute Gasteiger partial charge is 0.472 e. The van der Waals surface area contributed by atoms with E-state index in [2.05, 4.69) is 79.1 Å². The molecular weight excluding hydrogens is 922 g/mol. The number of rotatable bonds is 37. The Labute approximate surface area is 402 Å². The molecule has 0 spiro atoms. The summed E-state index contributed by atoms with van der Waals surface area (Å²) in [7, 11) is -10.7. The summed E-state index contributed by atoms with van der Waals surface area (Å²) in [5.41, 5.74) is 0. The molecule has 0 saturated heterocycles. The van der Waals surface area contributed by atoms with Crippen LogP contribution in [0, 0.1) is 0 Å². The predicted molar refractivity (Wildman–Crippen MR) is 261 cm³/mol. The van der Waals surface area contributed by atoms with Crippen LogP contribution in [-0.4, -0.2) is 114 Å². The summed E-state index contributed by atoms with van der Waals surface area (Å²) in [5.74, 6) is -1.35. The minimum atomic E-state index is -5.39. The Kier molecular flexibility index (Phi) is 35.4. The number of phosphoric acid groups is 2. The highest BCUT2D eigenvalue weighted by atomic mass is 31.2. The van der Waals surface area contributed by atoms with E-state index >= 15 is 0 Å². The molecule has 0 amide bonds. The van der Waals surface area contributed by atoms with Crippen molar-refractivity contribution in [3.8, 4) is 0 Å². The van der Waals surface area contributed by atoms with Gasteiger partial charge in [0.25, 0.3) is 0 Å². The van der Waals surface area contributed by atoms with Crippen molar-refractivity contribution in [1.29, 1.82) is 0 Å². The second-order valence-electron chi connectivity index (χ2n) is 15.9. The first-order valence-corrected chi connectivity index (χ1v) is 26.6. The minimum Gasteiger partial charge on any atom is -0.462 e. The number of ether oxygens (including phenoxy) is 2. The molecule has 0 aromatic heterocycles. The van der Waals surface area contributed by atoms with Crippen LogP contribution < -0.4 is 0 Å². The summed E-state index contributed by atoms with van der Waals surface area (Å²) >= 11 is 0. The zero-order chi connectivity index (χ0) is 50.5. The Hall–Kier alpha value is -3.38. The molecule has 68 heavy (non-hydrogen) atoms. The van der Waals surface area contributed by atoms with Crippen molar-refractivity contribution in [2.75, 3.05) is 13.2 Å². The highest BCUT2D eigenvalue weighted by molar-refractivity contribution is 7.47. The fourth-order valence-electron chi connectivity index (χ4n) is 6.31. The fourth-order valence-corrected chi connectivity index (χ4v) is 7.85. The maximum atomic E-state index is 13.0. The highest BCUT2D eigenvalue weighted by Gasteiger charge is 2.54. The number of unbranched alkanes of at least 4 members (excludes halogenated alkanes) is 5. The predicted octanol–water partition coefficient (Wildman–Crippen LogP) is 7.92. The Morgan fingerprint density at radius 2 is 1.04 bits per heavy atom. The Balaban J connectivity index is 2.69. The Morgan fingerprint density at radius 1 is 0.544 bits per heavy atom. The van der Waals surface area contributed by atoms with Crippen LogP contribution in [0.3, 0.4) is 0 Å². The number of hydrogen-bond donors (Lipinski definition) is 8. The van der Waals surface area contributed by atoms with Gasteiger partial charge in [-0.15, -0.1) is 0 Å². The van der Waals surface area contributed by atoms with Gasteiger partial charge in [-0.3, -0.25) is 23.2 Å². The summed E-state index contributed by atoms with van der Waals surface area (Å²) in [6.07, 6.45) is 32.2. The van der Waals surface area contributed by atoms with Crippen LogP contribution in [0.4, 0.5) is 0 Å². The number of carbonyl (C=O) groups is 2. The van der Waals surface area contributed by atoms with Crippen molar-refractivity contribution in [3.05, 3.63) is 109 Å². The maximum absolute atomic E-state index is 13.0. The molecule has 1 aliphatic rings. The van der Waals surface area contributed by atoms with E-state index in [1.165, 1.54) is 0 Å². The van der Waals surface area contributed by atoms with Crippen molar-refractivity contribution in [3.63, 3.8) is 0 Å². The smallest absolute Gasteiger partial charge is 0.462 e. The Morgan fingerprint density at radius 3 is 1.63 bits per heavy atom. The van der Waals surface area contributed by atoms with Crippen molar-refractivity contribution in [1.82, 2.24) is 0 Å². The number of hydrogen-bond acceptors (Lipinski definition) is 14. The van der Waals surface area contributed by atoms with Gasteiger partial charge in [-0.2, -0.15) is 0 Å². The second kappa shape index (κ2) is 38.4. The molecule has 0 aromatic rings. The highest BCUT2D eigenvalue weighted by Crippen LogP contribution is 2.49. The number of phosphoric ester groups is 2. The van der Waals surface area contributed by atoms with Gasteiger partial charge in [0.05, 0.1) is 12.7 Å². The van der Waals surface area contributed by atoms with Gasteiger partial charge in [-0.25, -0.2) is 9.13 Å². The van der Waals surface area contributed by atoms with Crippen LogP contribution in [-0.2, 0) is 41.8 Å². The van der Waals surface area contributed by atoms with E-state index in [0.29, 0.717) is 32.1 Å². The summed E-state index contributed by atoms with van der Waals surface area (Å²) in [4.78, 5) is 54.3. The molecule has 8 N–H and O–H groups in total. The molecule has 0 heterocycles. The molecule has 0 aromatic carbocycles. The van der Waals surface area contributed by atoms with Crippen LogP contribution in [0.5, 0.6) is 0 Å². The van der Waals surface area contributed by atoms with E-state index < -0.39 is 89.6 Å². The van der Waals surface area contributed by atoms with E-state index in [4.69, 9.17) is 18.5 Å². The third-order valence-electron chi connectivity index (χ3n) is 9.92. The summed E-state index contributed by atoms with van der Waals surface area (Å²) in [6.45, 7) is 2.72. The second-order valence-corrected chi connectivity index (χ2v) is 18.5. The molecule has 0 bridgehead atoms. The van der Waals surface area contributed by atoms with E-state index in [1.54, 1.807) is 12.2 Å². The number of aliphatic hydroxyl groups excluding tert-OH is 5. The maximum Gasteiger partial charge on any atom is 0.472 e. The van der Waals surface area contributed by atoms with Gasteiger partial charge < -0.3 is 49.7 Å². The van der Waals surface area contributed by atoms with Crippen molar-refractivity contribution in [2.24, 2.45) is 0 Å². The van der Waals surface area contributed by atoms with Gasteiger partial charge in [0.15, 0.2) is 6.10 Å². The van der Waals surface area contributed by atoms with Gasteiger partial charge in [0, 0.05) is 12.8 Å². The zero-order valence-corrected chi connectivity index (χ0v) is 41.4. The lowest BCUT2D eigenvalue weighted by Crippen LogP contribution is -2.64. The molecule has 17 nitrogen and oxygen atoms in total. The monoisotopic (exact) mass is 1000 g/mol. The third-order valence-corrected chi connectivity index (χ3v) is 11.4. The molecule has 1 fully saturated rings. The van der Waals surface area contributed by atoms with Crippen molar-refractivity contribution in [2.45, 2.75) is 172 Å². The first kappa shape index (κ1) is 62.6. The van der Waals surface area contributed by atoms with Crippen LogP contribution in [0.15, 0.2) is 109 Å². The average Bonchev–Trinajstić information content (AvgIpc) is 3.29. The van der Waals surface area contributed by atoms with Crippen LogP contribution >= 0.6 is 15.6 Å². The molecular formula is C49H78O17P2. The molecule has 1 rings (SSSR count). The van der Waals surface area contributed by atoms with E-state index in [9.17, 15) is 58.9 Å². The van der Waals surface area contributed by atoms with Gasteiger partial charge in [0.2, 0.25) is 0 Å². The van der Waals surface area contributed by atoms with Crippen molar-refractivity contribution >= 4 is 27.6 Å². The normalized spacial score (nSPS) is 22.7. The van der Waals surface area contributed by atoms with E-state index in [0.717, 1.165) is 64.2 Å². The third kappa shape index (κ3) is 32.4. The first-order valence-electron chi connectivity index (χ1n) is 23.5. The lowest BCUT2D eigenvalue weighted by atomic mass is 9.85. The summed E-state index contributed by atoms with van der Waals surface area (Å²) in [6, 6.07) is 0. The molecule has 386 valence electrons. The number of allylic oxidation sites excluding steroid dienone is 16. The molecule has 0 radical (unpaired) electrons. The number of carbonyl (C=O) groups excluding carboxylic acids is 2. The van der Waals surface area contributed by atoms with Crippen molar-refractivity contribution < 1.29 is 82.0 Å². The van der Waals surface area contributed by atoms with Crippen LogP contribution in [0.2, 0.25) is 0 Å². The SMILES string of the molecule is CC/C=C\C/C=C\C/C=C\C/C=C\CCCCCCC(=O)OC[C@H](COP(=O)(O)O[C@H]1C(O)C(O)C(O)[C@@H](OP(=O)(O)O)C1O)OC(=O)CCC/C=C\C/C=C\C=C\C(O)C/C=C\C/C=C\CC. The van der Waals surface area contributed by atoms with E-state index in [-0.39, 0.29) is 12.8 Å². The molecule has 1 saturated carbocycles. The topological polar surface area (TPSA) is 276 Å². The molecule has 1 aliphatic carbocycles. The van der Waals surface area contributed by atoms with Crippen LogP contribution in [0.25, 0.3) is 0 Å². The summed E-state index contributed by atoms with van der Waals surface area (Å²) < 4.78 is 49.2. The summed E-state index contributed by atoms with van der Waals surface area (Å²) in [5, 5.41) is 51.3. The minimum absolute atomic E-state index is 0.0609. The van der Waals surface area contributed by atoms with E-state index in [1.807, 2.05) is 36.5 Å².